The largest absolute Gasteiger partial charge is 0.507 e. The highest BCUT2D eigenvalue weighted by Crippen LogP contribution is 2.56. The Balaban J connectivity index is 1.62. The van der Waals surface area contributed by atoms with E-state index in [1.807, 2.05) is 30.3 Å². The first kappa shape index (κ1) is 21.2. The van der Waals surface area contributed by atoms with E-state index in [4.69, 9.17) is 0 Å². The van der Waals surface area contributed by atoms with Gasteiger partial charge in [0.1, 0.15) is 5.75 Å². The zero-order chi connectivity index (χ0) is 23.9. The van der Waals surface area contributed by atoms with Crippen molar-refractivity contribution < 1.29 is 24.3 Å². The van der Waals surface area contributed by atoms with Crippen LogP contribution in [-0.2, 0) is 19.2 Å². The zero-order valence-corrected chi connectivity index (χ0v) is 19.8. The van der Waals surface area contributed by atoms with Gasteiger partial charge in [-0.25, -0.2) is 0 Å². The summed E-state index contributed by atoms with van der Waals surface area (Å²) in [6.07, 6.45) is 3.98. The van der Waals surface area contributed by atoms with Crippen LogP contribution in [0.4, 0.5) is 0 Å². The number of allylic oxidation sites excluding steroid dienone is 6. The Morgan fingerprint density at radius 2 is 1.71 bits per heavy atom. The second-order valence-electron chi connectivity index (χ2n) is 9.35. The summed E-state index contributed by atoms with van der Waals surface area (Å²) < 4.78 is 0.205. The van der Waals surface area contributed by atoms with Crippen LogP contribution in [-0.4, -0.2) is 40.4 Å². The smallest absolute Gasteiger partial charge is 0.233 e. The fourth-order valence-electron chi connectivity index (χ4n) is 6.28. The van der Waals surface area contributed by atoms with Crippen LogP contribution in [0.15, 0.2) is 69.8 Å². The van der Waals surface area contributed by atoms with Crippen LogP contribution in [0.3, 0.4) is 0 Å². The number of nitrogens with zero attached hydrogens (tertiary/aromatic N) is 1. The van der Waals surface area contributed by atoms with Gasteiger partial charge in [0, 0.05) is 35.6 Å². The maximum atomic E-state index is 13.3. The summed E-state index contributed by atoms with van der Waals surface area (Å²) in [4.78, 5) is 53.6. The molecule has 170 valence electrons. The maximum absolute atomic E-state index is 13.3. The van der Waals surface area contributed by atoms with Crippen LogP contribution in [0.25, 0.3) is 10.8 Å². The summed E-state index contributed by atoms with van der Waals surface area (Å²) in [6.45, 7) is 0. The number of fused-ring (bicyclic) bond motifs is 4. The number of rotatable bonds is 1. The van der Waals surface area contributed by atoms with Crippen LogP contribution >= 0.6 is 15.9 Å². The molecule has 0 unspecified atom stereocenters. The molecule has 1 aliphatic heterocycles. The molecule has 1 fully saturated rings. The molecule has 1 heterocycles. The third-order valence-corrected chi connectivity index (χ3v) is 8.39. The van der Waals surface area contributed by atoms with Crippen molar-refractivity contribution in [1.82, 2.24) is 4.90 Å². The molecule has 0 saturated carbocycles. The lowest BCUT2D eigenvalue weighted by Crippen LogP contribution is -2.39. The van der Waals surface area contributed by atoms with E-state index in [0.29, 0.717) is 23.0 Å². The van der Waals surface area contributed by atoms with E-state index >= 15 is 0 Å². The first-order valence-electron chi connectivity index (χ1n) is 11.2. The van der Waals surface area contributed by atoms with Gasteiger partial charge in [-0.15, -0.1) is 0 Å². The average molecular weight is 518 g/mol. The number of benzene rings is 2. The third-order valence-electron chi connectivity index (χ3n) is 7.80. The molecule has 3 aliphatic carbocycles. The van der Waals surface area contributed by atoms with Crippen molar-refractivity contribution in [3.05, 3.63) is 75.3 Å². The molecule has 2 aromatic carbocycles. The van der Waals surface area contributed by atoms with Crippen molar-refractivity contribution in [2.45, 2.75) is 18.8 Å². The molecule has 2 aromatic rings. The normalized spacial score (nSPS) is 28.6. The van der Waals surface area contributed by atoms with E-state index in [0.717, 1.165) is 16.5 Å². The second kappa shape index (κ2) is 7.34. The average Bonchev–Trinajstić information content (AvgIpc) is 3.06. The van der Waals surface area contributed by atoms with Crippen LogP contribution in [0.2, 0.25) is 0 Å². The van der Waals surface area contributed by atoms with E-state index in [2.05, 4.69) is 15.9 Å². The van der Waals surface area contributed by atoms with Gasteiger partial charge in [0.15, 0.2) is 11.6 Å². The van der Waals surface area contributed by atoms with Gasteiger partial charge in [0.05, 0.1) is 16.3 Å². The Labute approximate surface area is 203 Å². The van der Waals surface area contributed by atoms with Gasteiger partial charge in [-0.05, 0) is 51.7 Å². The fraction of sp³-hybridized carbons (Fsp3) is 0.259. The molecule has 1 N–H and O–H groups in total. The van der Waals surface area contributed by atoms with E-state index in [9.17, 15) is 24.3 Å². The highest BCUT2D eigenvalue weighted by atomic mass is 79.9. The lowest BCUT2D eigenvalue weighted by Gasteiger charge is -2.42. The minimum Gasteiger partial charge on any atom is -0.507 e. The number of aromatic hydroxyl groups is 1. The highest BCUT2D eigenvalue weighted by molar-refractivity contribution is 9.12. The van der Waals surface area contributed by atoms with Crippen molar-refractivity contribution in [3.8, 4) is 5.75 Å². The van der Waals surface area contributed by atoms with Gasteiger partial charge >= 0.3 is 0 Å². The minimum atomic E-state index is -0.551. The Morgan fingerprint density at radius 3 is 2.47 bits per heavy atom. The monoisotopic (exact) mass is 517 g/mol. The SMILES string of the molecule is CN1C(=O)[C@H]2[C@H](CC=C3[C@H](c4ccc(O)c5ccccc45)C4=C(C[C@H]32)C(=O)C(Br)=CC4=O)C1=O. The van der Waals surface area contributed by atoms with Crippen molar-refractivity contribution >= 4 is 50.1 Å². The van der Waals surface area contributed by atoms with Crippen LogP contribution in [0, 0.1) is 17.8 Å². The molecule has 4 aliphatic rings. The number of Topliss-reactive ketones (excluding diaryl/α,β-unsaturated/α-hetero) is 1. The van der Waals surface area contributed by atoms with E-state index in [1.165, 1.54) is 18.0 Å². The van der Waals surface area contributed by atoms with Gasteiger partial charge in [-0.1, -0.05) is 42.0 Å². The van der Waals surface area contributed by atoms with Crippen molar-refractivity contribution in [3.63, 3.8) is 0 Å². The third kappa shape index (κ3) is 2.73. The van der Waals surface area contributed by atoms with E-state index in [1.54, 1.807) is 12.1 Å². The lowest BCUT2D eigenvalue weighted by molar-refractivity contribution is -0.138. The van der Waals surface area contributed by atoms with Gasteiger partial charge in [0.25, 0.3) is 0 Å². The van der Waals surface area contributed by atoms with Crippen molar-refractivity contribution in [2.75, 3.05) is 7.05 Å². The number of imide groups is 1. The summed E-state index contributed by atoms with van der Waals surface area (Å²) in [5.74, 6) is -2.68. The first-order chi connectivity index (χ1) is 16.3. The van der Waals surface area contributed by atoms with Crippen molar-refractivity contribution in [1.29, 1.82) is 0 Å². The molecule has 7 heteroatoms. The Bertz CT molecular complexity index is 1450. The fourth-order valence-corrected chi connectivity index (χ4v) is 6.72. The summed E-state index contributed by atoms with van der Waals surface area (Å²) in [5, 5.41) is 11.9. The number of carbonyl (C=O) groups excluding carboxylic acids is 4. The number of likely N-dealkylation sites (tertiary alicyclic amines) is 1. The van der Waals surface area contributed by atoms with Crippen LogP contribution < -0.4 is 0 Å². The number of phenols is 1. The highest BCUT2D eigenvalue weighted by Gasteiger charge is 2.55. The number of hydrogen-bond acceptors (Lipinski definition) is 5. The first-order valence-corrected chi connectivity index (χ1v) is 12.0. The van der Waals surface area contributed by atoms with Crippen LogP contribution in [0.5, 0.6) is 5.75 Å². The quantitative estimate of drug-likeness (QED) is 0.351. The summed E-state index contributed by atoms with van der Waals surface area (Å²) >= 11 is 3.24. The van der Waals surface area contributed by atoms with Gasteiger partial charge in [-0.2, -0.15) is 0 Å². The number of hydrogen-bond donors (Lipinski definition) is 1. The van der Waals surface area contributed by atoms with E-state index in [-0.39, 0.29) is 46.0 Å². The molecule has 4 atom stereocenters. The Kier molecular flexibility index (Phi) is 4.58. The number of amides is 2. The van der Waals surface area contributed by atoms with E-state index < -0.39 is 17.8 Å². The van der Waals surface area contributed by atoms with Crippen LogP contribution in [0.1, 0.15) is 24.3 Å². The maximum Gasteiger partial charge on any atom is 0.233 e. The minimum absolute atomic E-state index is 0.130. The molecule has 0 radical (unpaired) electrons. The molecular weight excluding hydrogens is 498 g/mol. The molecule has 6 rings (SSSR count). The molecule has 34 heavy (non-hydrogen) atoms. The van der Waals surface area contributed by atoms with Crippen molar-refractivity contribution in [2.24, 2.45) is 17.8 Å². The molecule has 2 amide bonds. The summed E-state index contributed by atoms with van der Waals surface area (Å²) in [7, 11) is 1.51. The lowest BCUT2D eigenvalue weighted by atomic mass is 9.59. The van der Waals surface area contributed by atoms with Gasteiger partial charge in [-0.3, -0.25) is 24.1 Å². The van der Waals surface area contributed by atoms with Gasteiger partial charge < -0.3 is 5.11 Å². The standard InChI is InChI=1S/C27H20BrNO5/c1-29-26(33)16-7-6-15-17(23(16)27(29)34)10-18-24(21(31)11-19(28)25(18)32)22(15)14-8-9-20(30)13-5-3-2-4-12(13)14/h2-6,8-9,11,16-17,22-23,30H,7,10H2,1H3/t16-,17+,22-,23-/m0/s1. The predicted octanol–water partition coefficient (Wildman–Crippen LogP) is 3.94. The summed E-state index contributed by atoms with van der Waals surface area (Å²) in [6, 6.07) is 10.8. The Morgan fingerprint density at radius 1 is 0.971 bits per heavy atom. The summed E-state index contributed by atoms with van der Waals surface area (Å²) in [5.41, 5.74) is 2.53. The number of phenolic OH excluding ortho intramolecular Hbond substituents is 1. The molecule has 0 bridgehead atoms. The molecule has 0 spiro atoms. The van der Waals surface area contributed by atoms with Gasteiger partial charge in [0.2, 0.25) is 11.8 Å². The molecule has 0 aromatic heterocycles. The molecular formula is C27H20BrNO5. The topological polar surface area (TPSA) is 91.8 Å². The number of carbonyl (C=O) groups is 4. The predicted molar refractivity (Wildman–Crippen MR) is 128 cm³/mol. The number of halogens is 1. The molecule has 6 nitrogen and oxygen atoms in total. The number of ketones is 2. The Hall–Kier alpha value is -3.32. The molecule has 1 saturated heterocycles. The zero-order valence-electron chi connectivity index (χ0n) is 18.2. The second-order valence-corrected chi connectivity index (χ2v) is 10.2.